The minimum Gasteiger partial charge on any atom is -0.478 e. The molecule has 1 N–H and O–H groups in total. The quantitative estimate of drug-likeness (QED) is 0.459. The molecular weight excluding hydrogens is 407 g/mol. The van der Waals surface area contributed by atoms with E-state index in [1.165, 1.54) is 6.20 Å². The summed E-state index contributed by atoms with van der Waals surface area (Å²) in [6, 6.07) is 11.3. The Hall–Kier alpha value is -2.40. The molecule has 0 unspecified atom stereocenters. The maximum absolute atomic E-state index is 11.2. The lowest BCUT2D eigenvalue weighted by atomic mass is 10.0. The van der Waals surface area contributed by atoms with Crippen molar-refractivity contribution in [3.8, 4) is 11.8 Å². The maximum atomic E-state index is 11.2. The van der Waals surface area contributed by atoms with Crippen LogP contribution in [0.3, 0.4) is 0 Å². The third-order valence-electron chi connectivity index (χ3n) is 3.54. The molecule has 0 fully saturated rings. The molecule has 23 heavy (non-hydrogen) atoms. The van der Waals surface area contributed by atoms with Crippen LogP contribution in [0.25, 0.3) is 5.76 Å². The summed E-state index contributed by atoms with van der Waals surface area (Å²) >= 11 is 2.10. The Morgan fingerprint density at radius 1 is 1.39 bits per heavy atom. The van der Waals surface area contributed by atoms with Crippen LogP contribution in [-0.4, -0.2) is 20.5 Å². The van der Waals surface area contributed by atoms with Gasteiger partial charge in [0.1, 0.15) is 11.4 Å². The number of pyridine rings is 1. The van der Waals surface area contributed by atoms with E-state index in [2.05, 4.69) is 33.6 Å². The van der Waals surface area contributed by atoms with Crippen LogP contribution in [0.2, 0.25) is 0 Å². The SMILES string of the molecule is N#C/C(CI)=C1/Oc2ccccc2Cc2cc(C(=O)O)cnc21. The number of alkyl halides is 1. The topological polar surface area (TPSA) is 83.2 Å². The Balaban J connectivity index is 2.27. The van der Waals surface area contributed by atoms with Gasteiger partial charge in [-0.2, -0.15) is 5.26 Å². The van der Waals surface area contributed by atoms with E-state index < -0.39 is 5.97 Å². The van der Waals surface area contributed by atoms with Crippen molar-refractivity contribution in [2.45, 2.75) is 6.42 Å². The Labute approximate surface area is 146 Å². The third-order valence-corrected chi connectivity index (χ3v) is 4.30. The van der Waals surface area contributed by atoms with Gasteiger partial charge in [-0.1, -0.05) is 40.8 Å². The van der Waals surface area contributed by atoms with Crippen molar-refractivity contribution < 1.29 is 14.6 Å². The van der Waals surface area contributed by atoms with Gasteiger partial charge in [0.25, 0.3) is 0 Å². The number of aromatic carboxylic acids is 1. The Kier molecular flexibility index (Phi) is 4.30. The zero-order valence-corrected chi connectivity index (χ0v) is 14.1. The highest BCUT2D eigenvalue weighted by Crippen LogP contribution is 2.34. The number of benzene rings is 1. The van der Waals surface area contributed by atoms with Gasteiger partial charge in [0.2, 0.25) is 0 Å². The van der Waals surface area contributed by atoms with E-state index in [4.69, 9.17) is 4.74 Å². The predicted octanol–water partition coefficient (Wildman–Crippen LogP) is 3.43. The molecular formula is C17H11IN2O3. The molecule has 0 atom stereocenters. The van der Waals surface area contributed by atoms with Crippen molar-refractivity contribution in [3.63, 3.8) is 0 Å². The van der Waals surface area contributed by atoms with Gasteiger partial charge >= 0.3 is 5.97 Å². The van der Waals surface area contributed by atoms with E-state index in [-0.39, 0.29) is 5.56 Å². The molecule has 2 heterocycles. The number of carbonyl (C=O) groups is 1. The van der Waals surface area contributed by atoms with Crippen LogP contribution < -0.4 is 4.74 Å². The zero-order chi connectivity index (χ0) is 16.4. The summed E-state index contributed by atoms with van der Waals surface area (Å²) < 4.78 is 6.45. The summed E-state index contributed by atoms with van der Waals surface area (Å²) in [7, 11) is 0. The molecule has 1 aromatic heterocycles. The highest BCUT2D eigenvalue weighted by molar-refractivity contribution is 14.1. The van der Waals surface area contributed by atoms with Crippen molar-refractivity contribution >= 4 is 34.3 Å². The van der Waals surface area contributed by atoms with Crippen LogP contribution in [0.1, 0.15) is 27.2 Å². The van der Waals surface area contributed by atoms with E-state index >= 15 is 0 Å². The Bertz CT molecular complexity index is 868. The summed E-state index contributed by atoms with van der Waals surface area (Å²) in [6.07, 6.45) is 1.80. The minimum absolute atomic E-state index is 0.121. The van der Waals surface area contributed by atoms with Gasteiger partial charge in [-0.25, -0.2) is 4.79 Å². The van der Waals surface area contributed by atoms with E-state index in [1.807, 2.05) is 24.3 Å². The number of halogens is 1. The van der Waals surface area contributed by atoms with Crippen molar-refractivity contribution in [2.24, 2.45) is 0 Å². The molecule has 6 heteroatoms. The molecule has 3 rings (SSSR count). The number of rotatable bonds is 2. The molecule has 0 saturated carbocycles. The molecule has 5 nitrogen and oxygen atoms in total. The van der Waals surface area contributed by atoms with Crippen LogP contribution in [-0.2, 0) is 6.42 Å². The first-order valence-electron chi connectivity index (χ1n) is 6.81. The first-order valence-corrected chi connectivity index (χ1v) is 8.34. The zero-order valence-electron chi connectivity index (χ0n) is 11.9. The van der Waals surface area contributed by atoms with E-state index in [0.717, 1.165) is 11.1 Å². The van der Waals surface area contributed by atoms with Crippen LogP contribution in [0.4, 0.5) is 0 Å². The second-order valence-corrected chi connectivity index (χ2v) is 5.74. The smallest absolute Gasteiger partial charge is 0.337 e. The lowest BCUT2D eigenvalue weighted by molar-refractivity contribution is 0.0696. The summed E-state index contributed by atoms with van der Waals surface area (Å²) in [5.74, 6) is 0.0347. The number of fused-ring (bicyclic) bond motifs is 2. The Morgan fingerprint density at radius 3 is 2.87 bits per heavy atom. The first-order chi connectivity index (χ1) is 11.1. The highest BCUT2D eigenvalue weighted by atomic mass is 127. The maximum Gasteiger partial charge on any atom is 0.337 e. The van der Waals surface area contributed by atoms with Crippen LogP contribution >= 0.6 is 22.6 Å². The number of nitriles is 1. The summed E-state index contributed by atoms with van der Waals surface area (Å²) in [4.78, 5) is 15.5. The molecule has 2 aromatic rings. The fourth-order valence-electron chi connectivity index (χ4n) is 2.43. The molecule has 0 radical (unpaired) electrons. The van der Waals surface area contributed by atoms with Gasteiger partial charge in [0, 0.05) is 17.0 Å². The second kappa shape index (κ2) is 6.38. The normalized spacial score (nSPS) is 14.6. The molecule has 0 aliphatic carbocycles. The summed E-state index contributed by atoms with van der Waals surface area (Å²) in [5, 5.41) is 18.6. The molecule has 1 aromatic carbocycles. The number of carboxylic acids is 1. The molecule has 1 aliphatic heterocycles. The standard InChI is InChI=1S/C17H11IN2O3/c18-7-13(8-19)16-15-11(6-12(9-20-15)17(21)22)5-10-3-1-2-4-14(10)23-16/h1-4,6,9H,5,7H2,(H,21,22)/b16-13+. The fraction of sp³-hybridized carbons (Fsp3) is 0.118. The molecule has 114 valence electrons. The van der Waals surface area contributed by atoms with Crippen molar-refractivity contribution in [2.75, 3.05) is 4.43 Å². The fourth-order valence-corrected chi connectivity index (χ4v) is 2.94. The van der Waals surface area contributed by atoms with Crippen LogP contribution in [0.5, 0.6) is 5.75 Å². The number of allylic oxidation sites excluding steroid dienone is 1. The van der Waals surface area contributed by atoms with Crippen molar-refractivity contribution in [1.29, 1.82) is 5.26 Å². The monoisotopic (exact) mass is 418 g/mol. The van der Waals surface area contributed by atoms with Gasteiger partial charge in [-0.15, -0.1) is 0 Å². The average molecular weight is 418 g/mol. The van der Waals surface area contributed by atoms with Gasteiger partial charge in [0.15, 0.2) is 5.76 Å². The number of hydrogen-bond donors (Lipinski definition) is 1. The molecule has 0 spiro atoms. The van der Waals surface area contributed by atoms with Gasteiger partial charge in [-0.05, 0) is 23.3 Å². The summed E-state index contributed by atoms with van der Waals surface area (Å²) in [6.45, 7) is 0. The number of hydrogen-bond acceptors (Lipinski definition) is 4. The number of ether oxygens (including phenoxy) is 1. The first kappa shape index (κ1) is 15.5. The Morgan fingerprint density at radius 2 is 2.17 bits per heavy atom. The number of carboxylic acid groups (broad SMARTS) is 1. The minimum atomic E-state index is -1.03. The van der Waals surface area contributed by atoms with Crippen molar-refractivity contribution in [1.82, 2.24) is 4.98 Å². The lowest BCUT2D eigenvalue weighted by Crippen LogP contribution is -2.06. The van der Waals surface area contributed by atoms with E-state index in [0.29, 0.717) is 33.6 Å². The van der Waals surface area contributed by atoms with E-state index in [1.54, 1.807) is 6.07 Å². The summed E-state index contributed by atoms with van der Waals surface area (Å²) in [5.41, 5.74) is 2.79. The van der Waals surface area contributed by atoms with Gasteiger partial charge in [-0.3, -0.25) is 4.98 Å². The lowest BCUT2D eigenvalue weighted by Gasteiger charge is -2.11. The van der Waals surface area contributed by atoms with Crippen molar-refractivity contribution in [3.05, 3.63) is 64.5 Å². The highest BCUT2D eigenvalue weighted by Gasteiger charge is 2.23. The van der Waals surface area contributed by atoms with Crippen LogP contribution in [0, 0.1) is 11.3 Å². The predicted molar refractivity (Wildman–Crippen MR) is 92.5 cm³/mol. The third kappa shape index (κ3) is 2.92. The molecule has 1 aliphatic rings. The van der Waals surface area contributed by atoms with E-state index in [9.17, 15) is 15.2 Å². The average Bonchev–Trinajstić information content (AvgIpc) is 2.72. The number of nitrogens with zero attached hydrogens (tertiary/aromatic N) is 2. The van der Waals surface area contributed by atoms with Gasteiger partial charge < -0.3 is 9.84 Å². The van der Waals surface area contributed by atoms with Crippen LogP contribution in [0.15, 0.2) is 42.1 Å². The van der Waals surface area contributed by atoms with Gasteiger partial charge in [0.05, 0.1) is 17.2 Å². The number of para-hydroxylation sites is 1. The molecule has 0 bridgehead atoms. The number of aromatic nitrogens is 1. The molecule has 0 amide bonds. The second-order valence-electron chi connectivity index (χ2n) is 4.98. The molecule has 0 saturated heterocycles. The largest absolute Gasteiger partial charge is 0.478 e.